The molecule has 0 radical (unpaired) electrons. The molecular weight excluding hydrogens is 264 g/mol. The summed E-state index contributed by atoms with van der Waals surface area (Å²) in [4.78, 5) is 14.2. The van der Waals surface area contributed by atoms with Crippen LogP contribution in [0.5, 0.6) is 0 Å². The van der Waals surface area contributed by atoms with E-state index in [-0.39, 0.29) is 11.8 Å². The van der Waals surface area contributed by atoms with E-state index in [4.69, 9.17) is 0 Å². The van der Waals surface area contributed by atoms with Crippen molar-refractivity contribution >= 4 is 5.91 Å². The summed E-state index contributed by atoms with van der Waals surface area (Å²) in [5, 5.41) is 9.92. The fourth-order valence-electron chi connectivity index (χ4n) is 2.70. The Labute approximate surface area is 124 Å². The van der Waals surface area contributed by atoms with Crippen molar-refractivity contribution in [2.45, 2.75) is 19.4 Å². The average Bonchev–Trinajstić information content (AvgIpc) is 3.04. The van der Waals surface area contributed by atoms with E-state index in [0.717, 1.165) is 18.7 Å². The number of aliphatic hydroxyl groups is 1. The largest absolute Gasteiger partial charge is 0.391 e. The summed E-state index contributed by atoms with van der Waals surface area (Å²) in [6, 6.07) is 11.5. The van der Waals surface area contributed by atoms with Crippen LogP contribution < -0.4 is 0 Å². The maximum Gasteiger partial charge on any atom is 0.253 e. The van der Waals surface area contributed by atoms with Gasteiger partial charge >= 0.3 is 0 Å². The SMILES string of the molecule is CC1CCN(C(=O)c2ccc(-n3cccc3)cc2)CC1O. The van der Waals surface area contributed by atoms with Crippen molar-refractivity contribution in [3.05, 3.63) is 54.4 Å². The van der Waals surface area contributed by atoms with Crippen LogP contribution in [-0.2, 0) is 0 Å². The first-order valence-electron chi connectivity index (χ1n) is 7.36. The van der Waals surface area contributed by atoms with Crippen LogP contribution >= 0.6 is 0 Å². The van der Waals surface area contributed by atoms with Gasteiger partial charge in [0.1, 0.15) is 0 Å². The van der Waals surface area contributed by atoms with E-state index in [1.807, 2.05) is 60.3 Å². The smallest absolute Gasteiger partial charge is 0.253 e. The highest BCUT2D eigenvalue weighted by Gasteiger charge is 2.27. The maximum absolute atomic E-state index is 12.5. The fraction of sp³-hybridized carbons (Fsp3) is 0.353. The second kappa shape index (κ2) is 5.74. The average molecular weight is 284 g/mol. The Balaban J connectivity index is 1.73. The minimum atomic E-state index is -0.415. The first-order valence-corrected chi connectivity index (χ1v) is 7.36. The summed E-state index contributed by atoms with van der Waals surface area (Å²) in [7, 11) is 0. The summed E-state index contributed by atoms with van der Waals surface area (Å²) in [6.45, 7) is 3.17. The van der Waals surface area contributed by atoms with Gasteiger partial charge < -0.3 is 14.6 Å². The predicted molar refractivity (Wildman–Crippen MR) is 81.5 cm³/mol. The molecule has 1 N–H and O–H groups in total. The monoisotopic (exact) mass is 284 g/mol. The van der Waals surface area contributed by atoms with Crippen LogP contribution in [-0.4, -0.2) is 39.7 Å². The zero-order chi connectivity index (χ0) is 14.8. The van der Waals surface area contributed by atoms with Crippen LogP contribution in [0, 0.1) is 5.92 Å². The van der Waals surface area contributed by atoms with E-state index >= 15 is 0 Å². The molecule has 3 rings (SSSR count). The molecule has 1 aromatic carbocycles. The van der Waals surface area contributed by atoms with Gasteiger partial charge in [0.2, 0.25) is 0 Å². The first-order chi connectivity index (χ1) is 10.1. The van der Waals surface area contributed by atoms with E-state index in [1.165, 1.54) is 0 Å². The molecule has 1 fully saturated rings. The van der Waals surface area contributed by atoms with E-state index in [9.17, 15) is 9.90 Å². The summed E-state index contributed by atoms with van der Waals surface area (Å²) in [5.74, 6) is 0.269. The number of hydrogen-bond donors (Lipinski definition) is 1. The number of benzene rings is 1. The first kappa shape index (κ1) is 13.9. The van der Waals surface area contributed by atoms with Crippen molar-refractivity contribution in [2.24, 2.45) is 5.92 Å². The molecule has 4 nitrogen and oxygen atoms in total. The number of aliphatic hydroxyl groups excluding tert-OH is 1. The van der Waals surface area contributed by atoms with Gasteiger partial charge in [-0.3, -0.25) is 4.79 Å². The molecule has 1 amide bonds. The zero-order valence-corrected chi connectivity index (χ0v) is 12.1. The number of hydrogen-bond acceptors (Lipinski definition) is 2. The fourth-order valence-corrected chi connectivity index (χ4v) is 2.70. The Morgan fingerprint density at radius 2 is 1.86 bits per heavy atom. The molecule has 0 spiro atoms. The third-order valence-electron chi connectivity index (χ3n) is 4.22. The molecule has 1 aromatic heterocycles. The quantitative estimate of drug-likeness (QED) is 0.920. The van der Waals surface area contributed by atoms with Crippen molar-refractivity contribution in [1.29, 1.82) is 0 Å². The van der Waals surface area contributed by atoms with Gasteiger partial charge in [-0.15, -0.1) is 0 Å². The van der Waals surface area contributed by atoms with Gasteiger partial charge in [-0.2, -0.15) is 0 Å². The van der Waals surface area contributed by atoms with E-state index in [0.29, 0.717) is 12.1 Å². The Kier molecular flexibility index (Phi) is 3.80. The van der Waals surface area contributed by atoms with Crippen LogP contribution in [0.1, 0.15) is 23.7 Å². The van der Waals surface area contributed by atoms with Crippen LogP contribution in [0.25, 0.3) is 5.69 Å². The number of nitrogens with zero attached hydrogens (tertiary/aromatic N) is 2. The molecule has 2 heterocycles. The lowest BCUT2D eigenvalue weighted by Crippen LogP contribution is -2.45. The number of carbonyl (C=O) groups is 1. The number of β-amino-alcohol motifs (C(OH)–C–C–N with tert-alkyl or cyclic N) is 1. The van der Waals surface area contributed by atoms with Crippen molar-refractivity contribution in [3.63, 3.8) is 0 Å². The number of carbonyl (C=O) groups excluding carboxylic acids is 1. The normalized spacial score (nSPS) is 22.3. The highest BCUT2D eigenvalue weighted by atomic mass is 16.3. The maximum atomic E-state index is 12.5. The van der Waals surface area contributed by atoms with E-state index in [1.54, 1.807) is 4.90 Å². The molecule has 4 heteroatoms. The third kappa shape index (κ3) is 2.85. The van der Waals surface area contributed by atoms with Gasteiger partial charge in [0.05, 0.1) is 6.10 Å². The second-order valence-corrected chi connectivity index (χ2v) is 5.72. The summed E-state index contributed by atoms with van der Waals surface area (Å²) < 4.78 is 2.00. The lowest BCUT2D eigenvalue weighted by molar-refractivity contribution is 0.0248. The van der Waals surface area contributed by atoms with Gasteiger partial charge in [0.15, 0.2) is 0 Å². The summed E-state index contributed by atoms with van der Waals surface area (Å²) in [5.41, 5.74) is 1.71. The molecule has 21 heavy (non-hydrogen) atoms. The topological polar surface area (TPSA) is 45.5 Å². The van der Waals surface area contributed by atoms with Crippen LogP contribution in [0.4, 0.5) is 0 Å². The molecule has 2 aromatic rings. The van der Waals surface area contributed by atoms with Gasteiger partial charge in [-0.05, 0) is 48.7 Å². The molecule has 2 atom stereocenters. The number of piperidine rings is 1. The van der Waals surface area contributed by atoms with Crippen molar-refractivity contribution in [1.82, 2.24) is 9.47 Å². The summed E-state index contributed by atoms with van der Waals surface area (Å²) >= 11 is 0. The second-order valence-electron chi connectivity index (χ2n) is 5.72. The van der Waals surface area contributed by atoms with Crippen LogP contribution in [0.15, 0.2) is 48.8 Å². The minimum Gasteiger partial charge on any atom is -0.391 e. The Hall–Kier alpha value is -2.07. The van der Waals surface area contributed by atoms with Gasteiger partial charge in [-0.25, -0.2) is 0 Å². The lowest BCUT2D eigenvalue weighted by Gasteiger charge is -2.34. The number of aromatic nitrogens is 1. The van der Waals surface area contributed by atoms with Crippen LogP contribution in [0.2, 0.25) is 0 Å². The minimum absolute atomic E-state index is 0.00000567. The van der Waals surface area contributed by atoms with Crippen molar-refractivity contribution in [3.8, 4) is 5.69 Å². The van der Waals surface area contributed by atoms with E-state index in [2.05, 4.69) is 0 Å². The highest BCUT2D eigenvalue weighted by molar-refractivity contribution is 5.94. The highest BCUT2D eigenvalue weighted by Crippen LogP contribution is 2.19. The molecule has 0 aliphatic carbocycles. The Bertz CT molecular complexity index is 604. The molecule has 1 aliphatic rings. The Morgan fingerprint density at radius 3 is 2.48 bits per heavy atom. The Morgan fingerprint density at radius 1 is 1.19 bits per heavy atom. The van der Waals surface area contributed by atoms with Crippen LogP contribution in [0.3, 0.4) is 0 Å². The lowest BCUT2D eigenvalue weighted by atomic mass is 9.95. The van der Waals surface area contributed by atoms with Gasteiger partial charge in [0, 0.05) is 36.7 Å². The van der Waals surface area contributed by atoms with Gasteiger partial charge in [-0.1, -0.05) is 6.92 Å². The van der Waals surface area contributed by atoms with Crippen molar-refractivity contribution in [2.75, 3.05) is 13.1 Å². The summed E-state index contributed by atoms with van der Waals surface area (Å²) in [6.07, 6.45) is 4.38. The number of rotatable bonds is 2. The predicted octanol–water partition coefficient (Wildman–Crippen LogP) is 2.32. The number of amides is 1. The van der Waals surface area contributed by atoms with E-state index < -0.39 is 6.10 Å². The van der Waals surface area contributed by atoms with Crippen molar-refractivity contribution < 1.29 is 9.90 Å². The molecule has 2 unspecified atom stereocenters. The molecular formula is C17H20N2O2. The number of likely N-dealkylation sites (tertiary alicyclic amines) is 1. The molecule has 0 bridgehead atoms. The molecule has 0 saturated carbocycles. The third-order valence-corrected chi connectivity index (χ3v) is 4.22. The standard InChI is InChI=1S/C17H20N2O2/c1-13-8-11-19(12-16(13)20)17(21)14-4-6-15(7-5-14)18-9-2-3-10-18/h2-7,9-10,13,16,20H,8,11-12H2,1H3. The molecule has 1 aliphatic heterocycles. The molecule has 110 valence electrons. The van der Waals surface area contributed by atoms with Gasteiger partial charge in [0.25, 0.3) is 5.91 Å². The zero-order valence-electron chi connectivity index (χ0n) is 12.1. The molecule has 1 saturated heterocycles.